The molecule has 0 saturated heterocycles. The normalized spacial score (nSPS) is 11.8. The summed E-state index contributed by atoms with van der Waals surface area (Å²) in [6.07, 6.45) is 0. The Morgan fingerprint density at radius 3 is 2.53 bits per heavy atom. The molecule has 0 bridgehead atoms. The number of nitrogens with zero attached hydrogens (tertiary/aromatic N) is 3. The molecule has 2 amide bonds. The molecule has 0 spiro atoms. The number of rotatable bonds is 8. The van der Waals surface area contributed by atoms with E-state index < -0.39 is 6.04 Å². The fourth-order valence-electron chi connectivity index (χ4n) is 3.07. The van der Waals surface area contributed by atoms with Gasteiger partial charge >= 0.3 is 0 Å². The van der Waals surface area contributed by atoms with E-state index in [-0.39, 0.29) is 17.6 Å². The average Bonchev–Trinajstić information content (AvgIpc) is 3.19. The monoisotopic (exact) mass is 491 g/mol. The van der Waals surface area contributed by atoms with Crippen LogP contribution in [-0.4, -0.2) is 32.3 Å². The Labute approximate surface area is 200 Å². The molecule has 1 heterocycles. The summed E-state index contributed by atoms with van der Waals surface area (Å²) in [5.41, 5.74) is 1.89. The first-order valence-electron chi connectivity index (χ1n) is 9.98. The van der Waals surface area contributed by atoms with Crippen LogP contribution in [0.2, 0.25) is 10.0 Å². The van der Waals surface area contributed by atoms with Crippen molar-refractivity contribution in [2.45, 2.75) is 38.5 Å². The summed E-state index contributed by atoms with van der Waals surface area (Å²) in [5.74, 6) is 0.290. The smallest absolute Gasteiger partial charge is 0.253 e. The highest BCUT2D eigenvalue weighted by atomic mass is 35.5. The fourth-order valence-corrected chi connectivity index (χ4v) is 4.27. The first kappa shape index (κ1) is 24.1. The molecule has 0 radical (unpaired) electrons. The van der Waals surface area contributed by atoms with Crippen LogP contribution in [0, 0.1) is 6.92 Å². The van der Waals surface area contributed by atoms with Gasteiger partial charge in [0.25, 0.3) is 5.91 Å². The summed E-state index contributed by atoms with van der Waals surface area (Å²) in [6, 6.07) is 11.8. The topological polar surface area (TPSA) is 88.9 Å². The second-order valence-electron chi connectivity index (χ2n) is 7.01. The number of benzene rings is 2. The molecule has 1 aromatic heterocycles. The molecule has 0 saturated carbocycles. The lowest BCUT2D eigenvalue weighted by atomic mass is 10.2. The molecule has 0 aliphatic heterocycles. The largest absolute Gasteiger partial charge is 0.342 e. The number of hydrogen-bond donors (Lipinski definition) is 2. The van der Waals surface area contributed by atoms with Gasteiger partial charge in [0, 0.05) is 17.3 Å². The Morgan fingerprint density at radius 1 is 1.09 bits per heavy atom. The molecule has 0 aliphatic rings. The third-order valence-electron chi connectivity index (χ3n) is 4.79. The first-order valence-corrected chi connectivity index (χ1v) is 11.7. The van der Waals surface area contributed by atoms with Crippen molar-refractivity contribution in [1.82, 2.24) is 20.1 Å². The van der Waals surface area contributed by atoms with Crippen molar-refractivity contribution in [3.05, 3.63) is 69.5 Å². The molecular formula is C22H23Cl2N5O2S. The van der Waals surface area contributed by atoms with Crippen molar-refractivity contribution in [3.8, 4) is 0 Å². The van der Waals surface area contributed by atoms with E-state index in [2.05, 4.69) is 20.8 Å². The number of thioether (sulfide) groups is 1. The second-order valence-corrected chi connectivity index (χ2v) is 8.77. The van der Waals surface area contributed by atoms with Crippen LogP contribution >= 0.6 is 35.0 Å². The molecule has 32 heavy (non-hydrogen) atoms. The van der Waals surface area contributed by atoms with E-state index in [0.717, 1.165) is 5.56 Å². The Morgan fingerprint density at radius 2 is 1.81 bits per heavy atom. The van der Waals surface area contributed by atoms with Gasteiger partial charge in [-0.2, -0.15) is 0 Å². The van der Waals surface area contributed by atoms with Crippen LogP contribution in [0.15, 0.2) is 47.6 Å². The number of nitrogens with one attached hydrogen (secondary N) is 2. The van der Waals surface area contributed by atoms with Gasteiger partial charge in [-0.3, -0.25) is 9.59 Å². The van der Waals surface area contributed by atoms with Crippen LogP contribution in [-0.2, 0) is 11.3 Å². The van der Waals surface area contributed by atoms with Crippen LogP contribution in [0.5, 0.6) is 0 Å². The molecule has 10 heteroatoms. The zero-order valence-corrected chi connectivity index (χ0v) is 20.2. The lowest BCUT2D eigenvalue weighted by molar-refractivity contribution is -0.113. The minimum Gasteiger partial charge on any atom is -0.342 e. The summed E-state index contributed by atoms with van der Waals surface area (Å²) >= 11 is 13.5. The third-order valence-corrected chi connectivity index (χ3v) is 6.50. The molecule has 168 valence electrons. The van der Waals surface area contributed by atoms with Crippen molar-refractivity contribution in [2.75, 3.05) is 11.1 Å². The maximum Gasteiger partial charge on any atom is 0.253 e. The molecule has 2 aromatic carbocycles. The zero-order chi connectivity index (χ0) is 23.3. The third kappa shape index (κ3) is 5.62. The van der Waals surface area contributed by atoms with Gasteiger partial charge in [0.1, 0.15) is 0 Å². The summed E-state index contributed by atoms with van der Waals surface area (Å²) < 4.78 is 1.88. The minimum absolute atomic E-state index is 0.157. The molecule has 0 unspecified atom stereocenters. The van der Waals surface area contributed by atoms with Crippen LogP contribution in [0.4, 0.5) is 5.69 Å². The van der Waals surface area contributed by atoms with E-state index in [0.29, 0.717) is 38.8 Å². The lowest BCUT2D eigenvalue weighted by Gasteiger charge is -2.15. The molecule has 3 aromatic rings. The number of hydrogen-bond acceptors (Lipinski definition) is 5. The highest BCUT2D eigenvalue weighted by Crippen LogP contribution is 2.25. The van der Waals surface area contributed by atoms with E-state index in [1.54, 1.807) is 42.5 Å². The number of halogens is 2. The quantitative estimate of drug-likeness (QED) is 0.426. The van der Waals surface area contributed by atoms with Crippen LogP contribution in [0.3, 0.4) is 0 Å². The molecular weight excluding hydrogens is 469 g/mol. The van der Waals surface area contributed by atoms with E-state index in [1.165, 1.54) is 11.8 Å². The second kappa shape index (κ2) is 10.8. The molecule has 2 N–H and O–H groups in total. The van der Waals surface area contributed by atoms with E-state index in [9.17, 15) is 9.59 Å². The van der Waals surface area contributed by atoms with Crippen LogP contribution in [0.25, 0.3) is 0 Å². The molecule has 0 aliphatic carbocycles. The highest BCUT2D eigenvalue weighted by Gasteiger charge is 2.21. The SMILES string of the molecule is CCn1c(SCC(=O)Nc2cccc(Cl)c2C)nnc1[C@H](C)NC(=O)c1ccccc1Cl. The van der Waals surface area contributed by atoms with Crippen molar-refractivity contribution in [2.24, 2.45) is 0 Å². The summed E-state index contributed by atoms with van der Waals surface area (Å²) in [4.78, 5) is 25.0. The van der Waals surface area contributed by atoms with Crippen molar-refractivity contribution in [3.63, 3.8) is 0 Å². The van der Waals surface area contributed by atoms with Crippen LogP contribution < -0.4 is 10.6 Å². The average molecular weight is 492 g/mol. The van der Waals surface area contributed by atoms with Crippen molar-refractivity contribution in [1.29, 1.82) is 0 Å². The van der Waals surface area contributed by atoms with Crippen molar-refractivity contribution >= 4 is 52.5 Å². The fraction of sp³-hybridized carbons (Fsp3) is 0.273. The number of anilines is 1. The Hall–Kier alpha value is -2.55. The highest BCUT2D eigenvalue weighted by molar-refractivity contribution is 7.99. The summed E-state index contributed by atoms with van der Waals surface area (Å²) in [5, 5.41) is 15.8. The number of carbonyl (C=O) groups is 2. The van der Waals surface area contributed by atoms with Gasteiger partial charge in [0.15, 0.2) is 11.0 Å². The van der Waals surface area contributed by atoms with Gasteiger partial charge in [-0.1, -0.05) is 53.2 Å². The number of aromatic nitrogens is 3. The molecule has 7 nitrogen and oxygen atoms in total. The van der Waals surface area contributed by atoms with E-state index in [1.807, 2.05) is 25.3 Å². The standard InChI is InChI=1S/C22H23Cl2N5O2S/c1-4-29-20(14(3)25-21(31)15-8-5-6-9-17(15)24)27-28-22(29)32-12-19(30)26-18-11-7-10-16(23)13(18)2/h5-11,14H,4,12H2,1-3H3,(H,25,31)(H,26,30)/t14-/m0/s1. The number of amides is 2. The van der Waals surface area contributed by atoms with Gasteiger partial charge in [0.05, 0.1) is 22.4 Å². The maximum absolute atomic E-state index is 12.6. The van der Waals surface area contributed by atoms with Crippen molar-refractivity contribution < 1.29 is 9.59 Å². The Kier molecular flexibility index (Phi) is 8.17. The Bertz CT molecular complexity index is 1140. The van der Waals surface area contributed by atoms with Gasteiger partial charge in [-0.25, -0.2) is 0 Å². The van der Waals surface area contributed by atoms with Gasteiger partial charge in [-0.15, -0.1) is 10.2 Å². The van der Waals surface area contributed by atoms with Gasteiger partial charge < -0.3 is 15.2 Å². The molecule has 3 rings (SSSR count). The predicted molar refractivity (Wildman–Crippen MR) is 129 cm³/mol. The number of carbonyl (C=O) groups excluding carboxylic acids is 2. The summed E-state index contributed by atoms with van der Waals surface area (Å²) in [6.45, 7) is 6.22. The summed E-state index contributed by atoms with van der Waals surface area (Å²) in [7, 11) is 0. The Balaban J connectivity index is 1.65. The maximum atomic E-state index is 12.6. The molecule has 0 fully saturated rings. The van der Waals surface area contributed by atoms with E-state index >= 15 is 0 Å². The van der Waals surface area contributed by atoms with Gasteiger partial charge in [-0.05, 0) is 50.6 Å². The first-order chi connectivity index (χ1) is 15.3. The molecule has 1 atom stereocenters. The van der Waals surface area contributed by atoms with Gasteiger partial charge in [0.2, 0.25) is 5.91 Å². The minimum atomic E-state index is -0.400. The van der Waals surface area contributed by atoms with Crippen LogP contribution in [0.1, 0.15) is 41.6 Å². The lowest BCUT2D eigenvalue weighted by Crippen LogP contribution is -2.29. The zero-order valence-electron chi connectivity index (χ0n) is 17.9. The van der Waals surface area contributed by atoms with E-state index in [4.69, 9.17) is 23.2 Å². The predicted octanol–water partition coefficient (Wildman–Crippen LogP) is 5.14.